The minimum Gasteiger partial charge on any atom is -0.632 e. The number of ether oxygens (including phenoxy) is 2. The summed E-state index contributed by atoms with van der Waals surface area (Å²) >= 11 is 0. The summed E-state index contributed by atoms with van der Waals surface area (Å²) < 4.78 is 10.00. The fraction of sp³-hybridized carbons (Fsp3) is 0.500. The molecule has 6 nitrogen and oxygen atoms in total. The van der Waals surface area contributed by atoms with Gasteiger partial charge in [-0.1, -0.05) is 25.1 Å². The maximum Gasteiger partial charge on any atom is 0.337 e. The standard InChI is InChI=1S/C22H28N2O4/c1-4-14-12-24(26)10-9-16-15-7-5-6-8-19(15)23-21(16)20(24)11-17(14)18(13-27-2)22(25)28-3/h5-8,13-14,17,20,23H,4,9-12H2,1-3H3/b18-13+/t14-,17+,20+,24-/m1/s1. The number of carbonyl (C=O) groups excluding carboxylic acids is 1. The molecule has 1 aromatic heterocycles. The number of hydroxylamine groups is 3. The molecule has 2 aliphatic heterocycles. The Morgan fingerprint density at radius 2 is 2.14 bits per heavy atom. The van der Waals surface area contributed by atoms with Crippen molar-refractivity contribution in [3.8, 4) is 0 Å². The van der Waals surface area contributed by atoms with Gasteiger partial charge in [0.25, 0.3) is 0 Å². The summed E-state index contributed by atoms with van der Waals surface area (Å²) in [5.74, 6) is -0.302. The molecule has 1 saturated heterocycles. The van der Waals surface area contributed by atoms with Crippen LogP contribution in [0.5, 0.6) is 0 Å². The third-order valence-corrected chi connectivity index (χ3v) is 6.67. The van der Waals surface area contributed by atoms with Crippen LogP contribution < -0.4 is 0 Å². The number of aromatic nitrogens is 1. The maximum atomic E-state index is 13.8. The Hall–Kier alpha value is -2.31. The summed E-state index contributed by atoms with van der Waals surface area (Å²) in [6.45, 7) is 3.19. The highest BCUT2D eigenvalue weighted by Crippen LogP contribution is 2.49. The van der Waals surface area contributed by atoms with Crippen LogP contribution >= 0.6 is 0 Å². The zero-order valence-electron chi connectivity index (χ0n) is 16.7. The third-order valence-electron chi connectivity index (χ3n) is 6.67. The van der Waals surface area contributed by atoms with E-state index in [-0.39, 0.29) is 28.5 Å². The van der Waals surface area contributed by atoms with Gasteiger partial charge in [0.15, 0.2) is 0 Å². The van der Waals surface area contributed by atoms with Crippen molar-refractivity contribution < 1.29 is 18.9 Å². The highest BCUT2D eigenvalue weighted by molar-refractivity contribution is 5.89. The Labute approximate surface area is 165 Å². The molecule has 0 unspecified atom stereocenters. The largest absolute Gasteiger partial charge is 0.632 e. The van der Waals surface area contributed by atoms with Crippen LogP contribution in [0.25, 0.3) is 10.9 Å². The fourth-order valence-corrected chi connectivity index (χ4v) is 5.28. The number of methoxy groups -OCH3 is 2. The monoisotopic (exact) mass is 384 g/mol. The van der Waals surface area contributed by atoms with Crippen molar-refractivity contribution in [1.82, 2.24) is 4.98 Å². The maximum absolute atomic E-state index is 13.8. The number of para-hydroxylation sites is 1. The molecule has 1 aromatic carbocycles. The molecule has 4 rings (SSSR count). The van der Waals surface area contributed by atoms with Crippen LogP contribution in [0.4, 0.5) is 0 Å². The average Bonchev–Trinajstić information content (AvgIpc) is 3.09. The van der Waals surface area contributed by atoms with Gasteiger partial charge < -0.3 is 24.3 Å². The van der Waals surface area contributed by atoms with E-state index in [0.29, 0.717) is 25.1 Å². The van der Waals surface area contributed by atoms with E-state index in [2.05, 4.69) is 24.0 Å². The Morgan fingerprint density at radius 3 is 2.86 bits per heavy atom. The van der Waals surface area contributed by atoms with Crippen molar-refractivity contribution >= 4 is 16.9 Å². The lowest BCUT2D eigenvalue weighted by Gasteiger charge is -2.57. The average molecular weight is 384 g/mol. The van der Waals surface area contributed by atoms with Crippen molar-refractivity contribution in [1.29, 1.82) is 0 Å². The molecular weight excluding hydrogens is 356 g/mol. The zero-order valence-corrected chi connectivity index (χ0v) is 16.7. The summed E-state index contributed by atoms with van der Waals surface area (Å²) in [7, 11) is 2.93. The van der Waals surface area contributed by atoms with E-state index in [0.717, 1.165) is 24.1 Å². The van der Waals surface area contributed by atoms with Crippen LogP contribution in [0, 0.1) is 17.0 Å². The number of piperidine rings is 1. The number of carbonyl (C=O) groups is 1. The first-order valence-electron chi connectivity index (χ1n) is 10.0. The minimum atomic E-state index is -0.371. The molecule has 3 heterocycles. The van der Waals surface area contributed by atoms with E-state index in [9.17, 15) is 10.0 Å². The van der Waals surface area contributed by atoms with Gasteiger partial charge in [0.2, 0.25) is 0 Å². The number of H-pyrrole nitrogens is 1. The molecule has 2 aliphatic rings. The number of nitrogens with zero attached hydrogens (tertiary/aromatic N) is 1. The van der Waals surface area contributed by atoms with E-state index in [1.807, 2.05) is 12.1 Å². The zero-order chi connectivity index (χ0) is 19.9. The van der Waals surface area contributed by atoms with Crippen LogP contribution in [-0.2, 0) is 20.7 Å². The van der Waals surface area contributed by atoms with Crippen LogP contribution in [0.15, 0.2) is 36.1 Å². The van der Waals surface area contributed by atoms with Crippen molar-refractivity contribution in [3.63, 3.8) is 0 Å². The number of aromatic amines is 1. The lowest BCUT2D eigenvalue weighted by atomic mass is 9.73. The van der Waals surface area contributed by atoms with Crippen LogP contribution in [0.2, 0.25) is 0 Å². The van der Waals surface area contributed by atoms with Gasteiger partial charge in [0.1, 0.15) is 6.04 Å². The second kappa shape index (κ2) is 7.26. The van der Waals surface area contributed by atoms with Crippen LogP contribution in [-0.4, -0.2) is 42.9 Å². The molecule has 0 radical (unpaired) electrons. The molecule has 0 saturated carbocycles. The summed E-state index contributed by atoms with van der Waals surface area (Å²) in [6.07, 6.45) is 3.75. The Balaban J connectivity index is 1.78. The molecule has 0 bridgehead atoms. The first-order chi connectivity index (χ1) is 13.5. The smallest absolute Gasteiger partial charge is 0.337 e. The number of rotatable bonds is 4. The topological polar surface area (TPSA) is 74.4 Å². The molecule has 1 fully saturated rings. The van der Waals surface area contributed by atoms with Gasteiger partial charge in [0.05, 0.1) is 44.8 Å². The molecule has 6 heteroatoms. The molecule has 0 spiro atoms. The van der Waals surface area contributed by atoms with E-state index >= 15 is 0 Å². The van der Waals surface area contributed by atoms with Gasteiger partial charge in [-0.25, -0.2) is 4.79 Å². The van der Waals surface area contributed by atoms with E-state index in [1.54, 1.807) is 0 Å². The van der Waals surface area contributed by atoms with Gasteiger partial charge in [-0.15, -0.1) is 0 Å². The number of hydrogen-bond donors (Lipinski definition) is 1. The quantitative estimate of drug-likeness (QED) is 0.286. The molecule has 0 aliphatic carbocycles. The highest BCUT2D eigenvalue weighted by Gasteiger charge is 2.48. The lowest BCUT2D eigenvalue weighted by Crippen LogP contribution is -2.57. The SMILES string of the molecule is CC[C@@H]1C[N@+]2([O-])CCc3c([nH]c4ccccc34)[C@@H]2C[C@@H]1/C(=C\OC)C(=O)OC. The predicted octanol–water partition coefficient (Wildman–Crippen LogP) is 3.83. The van der Waals surface area contributed by atoms with Crippen molar-refractivity contribution in [2.24, 2.45) is 11.8 Å². The second-order valence-electron chi connectivity index (χ2n) is 8.00. The molecule has 1 N–H and O–H groups in total. The Morgan fingerprint density at radius 1 is 1.36 bits per heavy atom. The summed E-state index contributed by atoms with van der Waals surface area (Å²) in [6, 6.07) is 8.03. The molecule has 2 aromatic rings. The first-order valence-corrected chi connectivity index (χ1v) is 10.0. The summed E-state index contributed by atoms with van der Waals surface area (Å²) in [5, 5.41) is 15.0. The number of nitrogens with one attached hydrogen (secondary N) is 1. The highest BCUT2D eigenvalue weighted by atomic mass is 16.5. The third kappa shape index (κ3) is 2.91. The van der Waals surface area contributed by atoms with E-state index in [4.69, 9.17) is 9.47 Å². The number of benzene rings is 1. The minimum absolute atomic E-state index is 0.0556. The molecule has 28 heavy (non-hydrogen) atoms. The molecule has 0 amide bonds. The number of hydrogen-bond acceptors (Lipinski definition) is 4. The van der Waals surface area contributed by atoms with Gasteiger partial charge in [-0.2, -0.15) is 0 Å². The van der Waals surface area contributed by atoms with Gasteiger partial charge >= 0.3 is 5.97 Å². The second-order valence-corrected chi connectivity index (χ2v) is 8.00. The fourth-order valence-electron chi connectivity index (χ4n) is 5.28. The van der Waals surface area contributed by atoms with E-state index in [1.165, 1.54) is 31.4 Å². The van der Waals surface area contributed by atoms with Crippen molar-refractivity contribution in [2.75, 3.05) is 27.3 Å². The Kier molecular flexibility index (Phi) is 4.93. The molecule has 150 valence electrons. The first kappa shape index (κ1) is 19.0. The summed E-state index contributed by atoms with van der Waals surface area (Å²) in [5.41, 5.74) is 3.92. The van der Waals surface area contributed by atoms with Crippen LogP contribution in [0.1, 0.15) is 37.1 Å². The number of quaternary nitrogens is 1. The molecule has 4 atom stereocenters. The van der Waals surface area contributed by atoms with E-state index < -0.39 is 0 Å². The number of esters is 1. The van der Waals surface area contributed by atoms with Gasteiger partial charge in [0, 0.05) is 35.6 Å². The Bertz CT molecular complexity index is 918. The summed E-state index contributed by atoms with van der Waals surface area (Å²) in [4.78, 5) is 16.0. The van der Waals surface area contributed by atoms with Crippen molar-refractivity contribution in [3.05, 3.63) is 52.6 Å². The number of fused-ring (bicyclic) bond motifs is 5. The van der Waals surface area contributed by atoms with Crippen LogP contribution in [0.3, 0.4) is 0 Å². The predicted molar refractivity (Wildman–Crippen MR) is 107 cm³/mol. The lowest BCUT2D eigenvalue weighted by molar-refractivity contribution is -0.924. The molecular formula is C22H28N2O4. The van der Waals surface area contributed by atoms with Gasteiger partial charge in [-0.05, 0) is 18.1 Å². The van der Waals surface area contributed by atoms with Crippen molar-refractivity contribution in [2.45, 2.75) is 32.2 Å². The normalized spacial score (nSPS) is 29.9. The van der Waals surface area contributed by atoms with Gasteiger partial charge in [-0.3, -0.25) is 0 Å².